The molecular weight excluding hydrogens is 224 g/mol. The zero-order valence-corrected chi connectivity index (χ0v) is 11.9. The molecule has 0 heterocycles. The lowest BCUT2D eigenvalue weighted by Gasteiger charge is -2.33. The SMILES string of the molecule is CC1(C)CCC(NC(=O)CC2(N)CCCCC2)C1. The number of nitrogens with one attached hydrogen (secondary N) is 1. The summed E-state index contributed by atoms with van der Waals surface area (Å²) in [5, 5.41) is 3.19. The second kappa shape index (κ2) is 5.20. The molecule has 3 N–H and O–H groups in total. The number of hydrogen-bond donors (Lipinski definition) is 2. The Bertz CT molecular complexity index is 306. The Morgan fingerprint density at radius 3 is 2.44 bits per heavy atom. The minimum Gasteiger partial charge on any atom is -0.353 e. The van der Waals surface area contributed by atoms with Gasteiger partial charge in [0.25, 0.3) is 0 Å². The molecule has 0 bridgehead atoms. The van der Waals surface area contributed by atoms with E-state index in [1.165, 1.54) is 25.7 Å². The van der Waals surface area contributed by atoms with E-state index in [4.69, 9.17) is 5.73 Å². The zero-order valence-electron chi connectivity index (χ0n) is 11.9. The largest absolute Gasteiger partial charge is 0.353 e. The van der Waals surface area contributed by atoms with E-state index in [-0.39, 0.29) is 11.4 Å². The van der Waals surface area contributed by atoms with Crippen LogP contribution in [0.2, 0.25) is 0 Å². The molecule has 1 atom stereocenters. The van der Waals surface area contributed by atoms with Crippen LogP contribution in [0.5, 0.6) is 0 Å². The van der Waals surface area contributed by atoms with Gasteiger partial charge < -0.3 is 11.1 Å². The molecule has 0 spiro atoms. The van der Waals surface area contributed by atoms with Crippen LogP contribution in [-0.2, 0) is 4.79 Å². The highest BCUT2D eigenvalue weighted by Crippen LogP contribution is 2.37. The Morgan fingerprint density at radius 2 is 1.89 bits per heavy atom. The molecule has 1 amide bonds. The van der Waals surface area contributed by atoms with E-state index in [1.807, 2.05) is 0 Å². The molecule has 2 aliphatic rings. The quantitative estimate of drug-likeness (QED) is 0.811. The van der Waals surface area contributed by atoms with Crippen molar-refractivity contribution in [2.75, 3.05) is 0 Å². The van der Waals surface area contributed by atoms with Gasteiger partial charge in [0.1, 0.15) is 0 Å². The van der Waals surface area contributed by atoms with Crippen LogP contribution in [0.4, 0.5) is 0 Å². The van der Waals surface area contributed by atoms with Gasteiger partial charge in [-0.3, -0.25) is 4.79 Å². The standard InChI is InChI=1S/C15H28N2O/c1-14(2)9-6-12(10-14)17-13(18)11-15(16)7-4-3-5-8-15/h12H,3-11,16H2,1-2H3,(H,17,18). The highest BCUT2D eigenvalue weighted by atomic mass is 16.1. The average molecular weight is 252 g/mol. The number of carbonyl (C=O) groups excluding carboxylic acids is 1. The van der Waals surface area contributed by atoms with Gasteiger partial charge in [0, 0.05) is 18.0 Å². The van der Waals surface area contributed by atoms with Gasteiger partial charge in [-0.2, -0.15) is 0 Å². The van der Waals surface area contributed by atoms with E-state index < -0.39 is 0 Å². The number of carbonyl (C=O) groups is 1. The van der Waals surface area contributed by atoms with Crippen LogP contribution in [0.15, 0.2) is 0 Å². The Hall–Kier alpha value is -0.570. The molecule has 1 unspecified atom stereocenters. The topological polar surface area (TPSA) is 55.1 Å². The second-order valence-electron chi connectivity index (χ2n) is 7.27. The second-order valence-corrected chi connectivity index (χ2v) is 7.27. The zero-order chi connectivity index (χ0) is 13.2. The maximum atomic E-state index is 12.1. The van der Waals surface area contributed by atoms with Crippen LogP contribution in [0.3, 0.4) is 0 Å². The molecule has 2 rings (SSSR count). The van der Waals surface area contributed by atoms with Crippen LogP contribution in [0.1, 0.15) is 71.6 Å². The van der Waals surface area contributed by atoms with Crippen molar-refractivity contribution in [1.29, 1.82) is 0 Å². The molecule has 0 aromatic carbocycles. The van der Waals surface area contributed by atoms with E-state index >= 15 is 0 Å². The van der Waals surface area contributed by atoms with Crippen molar-refractivity contribution in [1.82, 2.24) is 5.32 Å². The minimum absolute atomic E-state index is 0.169. The van der Waals surface area contributed by atoms with E-state index in [2.05, 4.69) is 19.2 Å². The van der Waals surface area contributed by atoms with E-state index in [0.29, 0.717) is 17.9 Å². The van der Waals surface area contributed by atoms with Gasteiger partial charge in [0.05, 0.1) is 0 Å². The van der Waals surface area contributed by atoms with Gasteiger partial charge in [-0.1, -0.05) is 33.1 Å². The Labute approximate surface area is 111 Å². The highest BCUT2D eigenvalue weighted by molar-refractivity contribution is 5.77. The lowest BCUT2D eigenvalue weighted by molar-refractivity contribution is -0.123. The normalized spacial score (nSPS) is 30.1. The molecule has 18 heavy (non-hydrogen) atoms. The number of nitrogens with two attached hydrogens (primary N) is 1. The maximum absolute atomic E-state index is 12.1. The Morgan fingerprint density at radius 1 is 1.22 bits per heavy atom. The van der Waals surface area contributed by atoms with Gasteiger partial charge in [-0.05, 0) is 37.5 Å². The van der Waals surface area contributed by atoms with Crippen molar-refractivity contribution < 1.29 is 4.79 Å². The van der Waals surface area contributed by atoms with E-state index in [9.17, 15) is 4.79 Å². The minimum atomic E-state index is -0.226. The van der Waals surface area contributed by atoms with Gasteiger partial charge in [0.2, 0.25) is 5.91 Å². The molecule has 2 saturated carbocycles. The summed E-state index contributed by atoms with van der Waals surface area (Å²) < 4.78 is 0. The average Bonchev–Trinajstić information content (AvgIpc) is 2.57. The van der Waals surface area contributed by atoms with Crippen molar-refractivity contribution >= 4 is 5.91 Å². The smallest absolute Gasteiger partial charge is 0.222 e. The summed E-state index contributed by atoms with van der Waals surface area (Å²) in [7, 11) is 0. The molecule has 0 aliphatic heterocycles. The summed E-state index contributed by atoms with van der Waals surface area (Å²) >= 11 is 0. The fraction of sp³-hybridized carbons (Fsp3) is 0.933. The third-order valence-electron chi connectivity index (χ3n) is 4.70. The fourth-order valence-electron chi connectivity index (χ4n) is 3.59. The number of amides is 1. The Kier molecular flexibility index (Phi) is 4.00. The highest BCUT2D eigenvalue weighted by Gasteiger charge is 2.34. The monoisotopic (exact) mass is 252 g/mol. The lowest BCUT2D eigenvalue weighted by atomic mass is 9.80. The van der Waals surface area contributed by atoms with Crippen molar-refractivity contribution in [2.24, 2.45) is 11.1 Å². The summed E-state index contributed by atoms with van der Waals surface area (Å²) in [6.07, 6.45) is 9.62. The van der Waals surface area contributed by atoms with Crippen molar-refractivity contribution in [3.05, 3.63) is 0 Å². The molecule has 3 nitrogen and oxygen atoms in total. The third-order valence-corrected chi connectivity index (χ3v) is 4.70. The molecule has 2 aliphatic carbocycles. The predicted octanol–water partition coefficient (Wildman–Crippen LogP) is 2.73. The van der Waals surface area contributed by atoms with Crippen LogP contribution in [-0.4, -0.2) is 17.5 Å². The maximum Gasteiger partial charge on any atom is 0.222 e. The van der Waals surface area contributed by atoms with Crippen molar-refractivity contribution in [3.63, 3.8) is 0 Å². The molecule has 0 saturated heterocycles. The summed E-state index contributed by atoms with van der Waals surface area (Å²) in [5.74, 6) is 0.169. The molecule has 0 aromatic rings. The van der Waals surface area contributed by atoms with Crippen LogP contribution < -0.4 is 11.1 Å². The summed E-state index contributed by atoms with van der Waals surface area (Å²) in [5.41, 5.74) is 6.49. The van der Waals surface area contributed by atoms with E-state index in [0.717, 1.165) is 25.7 Å². The van der Waals surface area contributed by atoms with Gasteiger partial charge in [-0.15, -0.1) is 0 Å². The molecule has 0 aromatic heterocycles. The number of rotatable bonds is 3. The van der Waals surface area contributed by atoms with Crippen LogP contribution in [0.25, 0.3) is 0 Å². The first-order chi connectivity index (χ1) is 8.39. The van der Waals surface area contributed by atoms with Gasteiger partial charge >= 0.3 is 0 Å². The summed E-state index contributed by atoms with van der Waals surface area (Å²) in [4.78, 5) is 12.1. The lowest BCUT2D eigenvalue weighted by Crippen LogP contribution is -2.47. The number of hydrogen-bond acceptors (Lipinski definition) is 2. The van der Waals surface area contributed by atoms with Gasteiger partial charge in [0.15, 0.2) is 0 Å². The first-order valence-electron chi connectivity index (χ1n) is 7.47. The van der Waals surface area contributed by atoms with Crippen molar-refractivity contribution in [2.45, 2.75) is 83.2 Å². The predicted molar refractivity (Wildman–Crippen MR) is 74.2 cm³/mol. The Balaban J connectivity index is 1.78. The summed E-state index contributed by atoms with van der Waals surface area (Å²) in [6.45, 7) is 4.56. The summed E-state index contributed by atoms with van der Waals surface area (Å²) in [6, 6.07) is 0.375. The fourth-order valence-corrected chi connectivity index (χ4v) is 3.59. The first-order valence-corrected chi connectivity index (χ1v) is 7.47. The first kappa shape index (κ1) is 13.9. The van der Waals surface area contributed by atoms with Crippen molar-refractivity contribution in [3.8, 4) is 0 Å². The molecule has 104 valence electrons. The van der Waals surface area contributed by atoms with Gasteiger partial charge in [-0.25, -0.2) is 0 Å². The molecular formula is C15H28N2O. The molecule has 0 radical (unpaired) electrons. The third kappa shape index (κ3) is 3.71. The van der Waals surface area contributed by atoms with Crippen LogP contribution >= 0.6 is 0 Å². The molecule has 2 fully saturated rings. The molecule has 3 heteroatoms. The van der Waals surface area contributed by atoms with E-state index in [1.54, 1.807) is 0 Å². The van der Waals surface area contributed by atoms with Crippen LogP contribution in [0, 0.1) is 5.41 Å².